The molecule has 1 aromatic rings. The van der Waals surface area contributed by atoms with E-state index in [-0.39, 0.29) is 5.92 Å². The number of nitrogen functional groups attached to an aromatic ring is 1. The molecule has 0 amide bonds. The van der Waals surface area contributed by atoms with Gasteiger partial charge in [-0.1, -0.05) is 0 Å². The van der Waals surface area contributed by atoms with Gasteiger partial charge in [-0.05, 0) is 25.0 Å². The summed E-state index contributed by atoms with van der Waals surface area (Å²) in [4.78, 5) is 17.0. The molecule has 2 rings (SSSR count). The second-order valence-corrected chi connectivity index (χ2v) is 4.06. The third-order valence-corrected chi connectivity index (χ3v) is 2.91. The standard InChI is InChI=1S/C11H15N3O2/c12-10-4-3-9(6-13-10)14-5-1-2-8(7-14)11(15)16/h3-4,6,8H,1-2,5,7H2,(H2,12,13)(H,15,16). The number of nitrogens with two attached hydrogens (primary N) is 1. The first-order valence-electron chi connectivity index (χ1n) is 5.36. The van der Waals surface area contributed by atoms with Crippen LogP contribution in [-0.4, -0.2) is 29.1 Å². The summed E-state index contributed by atoms with van der Waals surface area (Å²) >= 11 is 0. The third-order valence-electron chi connectivity index (χ3n) is 2.91. The molecular formula is C11H15N3O2. The minimum atomic E-state index is -0.715. The fourth-order valence-corrected chi connectivity index (χ4v) is 2.00. The molecule has 1 atom stereocenters. The average molecular weight is 221 g/mol. The first-order valence-corrected chi connectivity index (χ1v) is 5.36. The molecule has 86 valence electrons. The number of carboxylic acids is 1. The van der Waals surface area contributed by atoms with Gasteiger partial charge in [-0.25, -0.2) is 4.98 Å². The smallest absolute Gasteiger partial charge is 0.308 e. The molecular weight excluding hydrogens is 206 g/mol. The van der Waals surface area contributed by atoms with Gasteiger partial charge in [0.1, 0.15) is 5.82 Å². The van der Waals surface area contributed by atoms with Crippen LogP contribution in [0.3, 0.4) is 0 Å². The van der Waals surface area contributed by atoms with Crippen LogP contribution in [0.25, 0.3) is 0 Å². The van der Waals surface area contributed by atoms with E-state index in [1.165, 1.54) is 0 Å². The van der Waals surface area contributed by atoms with Gasteiger partial charge in [-0.15, -0.1) is 0 Å². The summed E-state index contributed by atoms with van der Waals surface area (Å²) in [6, 6.07) is 3.62. The normalized spacial score (nSPS) is 20.8. The van der Waals surface area contributed by atoms with E-state index in [4.69, 9.17) is 10.8 Å². The molecule has 0 bridgehead atoms. The summed E-state index contributed by atoms with van der Waals surface area (Å²) in [5.74, 6) is -0.505. The molecule has 5 heteroatoms. The molecule has 1 fully saturated rings. The predicted molar refractivity (Wildman–Crippen MR) is 61.2 cm³/mol. The van der Waals surface area contributed by atoms with Crippen molar-refractivity contribution in [2.45, 2.75) is 12.8 Å². The summed E-state index contributed by atoms with van der Waals surface area (Å²) in [7, 11) is 0. The van der Waals surface area contributed by atoms with Crippen LogP contribution in [0.2, 0.25) is 0 Å². The van der Waals surface area contributed by atoms with Crippen LogP contribution in [0.15, 0.2) is 18.3 Å². The first-order chi connectivity index (χ1) is 7.66. The number of nitrogens with zero attached hydrogens (tertiary/aromatic N) is 2. The van der Waals surface area contributed by atoms with Crippen molar-refractivity contribution in [1.82, 2.24) is 4.98 Å². The van der Waals surface area contributed by atoms with Gasteiger partial charge < -0.3 is 15.7 Å². The highest BCUT2D eigenvalue weighted by Crippen LogP contribution is 2.22. The maximum atomic E-state index is 10.9. The molecule has 3 N–H and O–H groups in total. The van der Waals surface area contributed by atoms with Crippen molar-refractivity contribution in [2.75, 3.05) is 23.7 Å². The number of hydrogen-bond acceptors (Lipinski definition) is 4. The Morgan fingerprint density at radius 2 is 2.38 bits per heavy atom. The summed E-state index contributed by atoms with van der Waals surface area (Å²) in [6.07, 6.45) is 3.36. The Morgan fingerprint density at radius 3 is 3.00 bits per heavy atom. The molecule has 0 saturated carbocycles. The molecule has 5 nitrogen and oxygen atoms in total. The van der Waals surface area contributed by atoms with Gasteiger partial charge >= 0.3 is 5.97 Å². The van der Waals surface area contributed by atoms with Crippen LogP contribution in [0.4, 0.5) is 11.5 Å². The van der Waals surface area contributed by atoms with Gasteiger partial charge in [0.25, 0.3) is 0 Å². The molecule has 1 saturated heterocycles. The Bertz CT molecular complexity index is 377. The minimum Gasteiger partial charge on any atom is -0.481 e. The molecule has 1 aliphatic heterocycles. The molecule has 0 spiro atoms. The maximum absolute atomic E-state index is 10.9. The zero-order valence-corrected chi connectivity index (χ0v) is 8.97. The van der Waals surface area contributed by atoms with E-state index in [0.717, 1.165) is 25.1 Å². The lowest BCUT2D eigenvalue weighted by atomic mass is 9.98. The predicted octanol–water partition coefficient (Wildman–Crippen LogP) is 0.965. The van der Waals surface area contributed by atoms with Crippen LogP contribution in [0, 0.1) is 5.92 Å². The van der Waals surface area contributed by atoms with Crippen molar-refractivity contribution in [3.05, 3.63) is 18.3 Å². The van der Waals surface area contributed by atoms with Gasteiger partial charge in [0.15, 0.2) is 0 Å². The second kappa shape index (κ2) is 4.38. The first kappa shape index (κ1) is 10.7. The number of aliphatic carboxylic acids is 1. The lowest BCUT2D eigenvalue weighted by Crippen LogP contribution is -2.38. The fraction of sp³-hybridized carbons (Fsp3) is 0.455. The largest absolute Gasteiger partial charge is 0.481 e. The number of rotatable bonds is 2. The molecule has 0 aliphatic carbocycles. The molecule has 1 unspecified atom stereocenters. The Kier molecular flexibility index (Phi) is 2.94. The van der Waals surface area contributed by atoms with Crippen LogP contribution in [-0.2, 0) is 4.79 Å². The summed E-state index contributed by atoms with van der Waals surface area (Å²) in [5, 5.41) is 8.98. The summed E-state index contributed by atoms with van der Waals surface area (Å²) in [6.45, 7) is 1.44. The fourth-order valence-electron chi connectivity index (χ4n) is 2.00. The van der Waals surface area contributed by atoms with Crippen LogP contribution in [0.1, 0.15) is 12.8 Å². The quantitative estimate of drug-likeness (QED) is 0.777. The Balaban J connectivity index is 2.09. The SMILES string of the molecule is Nc1ccc(N2CCCC(C(=O)O)C2)cn1. The lowest BCUT2D eigenvalue weighted by molar-refractivity contribution is -0.141. The van der Waals surface area contributed by atoms with Crippen molar-refractivity contribution < 1.29 is 9.90 Å². The van der Waals surface area contributed by atoms with Crippen molar-refractivity contribution in [3.63, 3.8) is 0 Å². The zero-order chi connectivity index (χ0) is 11.5. The van der Waals surface area contributed by atoms with Crippen molar-refractivity contribution in [2.24, 2.45) is 5.92 Å². The van der Waals surface area contributed by atoms with E-state index in [1.807, 2.05) is 6.07 Å². The molecule has 0 radical (unpaired) electrons. The maximum Gasteiger partial charge on any atom is 0.308 e. The molecule has 1 aliphatic rings. The zero-order valence-electron chi connectivity index (χ0n) is 8.97. The Hall–Kier alpha value is -1.78. The summed E-state index contributed by atoms with van der Waals surface area (Å²) in [5.41, 5.74) is 6.45. The average Bonchev–Trinajstić information content (AvgIpc) is 2.30. The Labute approximate surface area is 93.9 Å². The van der Waals surface area contributed by atoms with Crippen molar-refractivity contribution in [3.8, 4) is 0 Å². The van der Waals surface area contributed by atoms with Crippen LogP contribution in [0.5, 0.6) is 0 Å². The monoisotopic (exact) mass is 221 g/mol. The second-order valence-electron chi connectivity index (χ2n) is 4.06. The number of pyridine rings is 1. The van der Waals surface area contributed by atoms with Gasteiger partial charge in [-0.3, -0.25) is 4.79 Å². The van der Waals surface area contributed by atoms with Crippen LogP contribution >= 0.6 is 0 Å². The van der Waals surface area contributed by atoms with E-state index >= 15 is 0 Å². The van der Waals surface area contributed by atoms with Crippen molar-refractivity contribution in [1.29, 1.82) is 0 Å². The van der Waals surface area contributed by atoms with Gasteiger partial charge in [0.2, 0.25) is 0 Å². The van der Waals surface area contributed by atoms with E-state index in [1.54, 1.807) is 12.3 Å². The van der Waals surface area contributed by atoms with Gasteiger partial charge in [-0.2, -0.15) is 0 Å². The molecule has 0 aromatic carbocycles. The highest BCUT2D eigenvalue weighted by Gasteiger charge is 2.25. The van der Waals surface area contributed by atoms with Gasteiger partial charge in [0, 0.05) is 13.1 Å². The van der Waals surface area contributed by atoms with E-state index in [0.29, 0.717) is 12.4 Å². The third kappa shape index (κ3) is 2.24. The minimum absolute atomic E-state index is 0.272. The number of piperidine rings is 1. The Morgan fingerprint density at radius 1 is 1.56 bits per heavy atom. The van der Waals surface area contributed by atoms with Crippen LogP contribution < -0.4 is 10.6 Å². The number of carbonyl (C=O) groups is 1. The highest BCUT2D eigenvalue weighted by atomic mass is 16.4. The highest BCUT2D eigenvalue weighted by molar-refractivity contribution is 5.71. The molecule has 2 heterocycles. The lowest BCUT2D eigenvalue weighted by Gasteiger charge is -2.32. The van der Waals surface area contributed by atoms with E-state index < -0.39 is 5.97 Å². The van der Waals surface area contributed by atoms with E-state index in [2.05, 4.69) is 9.88 Å². The van der Waals surface area contributed by atoms with E-state index in [9.17, 15) is 4.79 Å². The number of hydrogen-bond donors (Lipinski definition) is 2. The number of carboxylic acid groups (broad SMARTS) is 1. The topological polar surface area (TPSA) is 79.5 Å². The molecule has 1 aromatic heterocycles. The number of anilines is 2. The summed E-state index contributed by atoms with van der Waals surface area (Å²) < 4.78 is 0. The molecule has 16 heavy (non-hydrogen) atoms. The van der Waals surface area contributed by atoms with Crippen molar-refractivity contribution >= 4 is 17.5 Å². The number of aromatic nitrogens is 1. The van der Waals surface area contributed by atoms with Gasteiger partial charge in [0.05, 0.1) is 17.8 Å².